The minimum absolute atomic E-state index is 0.119. The number of halogens is 1. The molecule has 1 heterocycles. The first-order valence-electron chi connectivity index (χ1n) is 4.54. The third-order valence-corrected chi connectivity index (χ3v) is 2.67. The van der Waals surface area contributed by atoms with E-state index in [9.17, 15) is 9.50 Å². The summed E-state index contributed by atoms with van der Waals surface area (Å²) in [6, 6.07) is -0.119. The van der Waals surface area contributed by atoms with Crippen molar-refractivity contribution in [3.8, 4) is 0 Å². The minimum atomic E-state index is -0.753. The molecule has 1 aliphatic rings. The van der Waals surface area contributed by atoms with Crippen molar-refractivity contribution in [2.75, 3.05) is 5.32 Å². The van der Waals surface area contributed by atoms with E-state index in [1.807, 2.05) is 0 Å². The van der Waals surface area contributed by atoms with E-state index in [1.165, 1.54) is 6.33 Å². The van der Waals surface area contributed by atoms with Crippen LogP contribution in [0.3, 0.4) is 0 Å². The Balaban J connectivity index is 2.08. The third-order valence-electron chi connectivity index (χ3n) is 2.67. The minimum Gasteiger partial charge on any atom is -0.388 e. The zero-order valence-corrected chi connectivity index (χ0v) is 7.87. The maximum absolute atomic E-state index is 13.1. The number of rotatable bonds is 2. The predicted octanol–water partition coefficient (Wildman–Crippen LogP) is 0.941. The van der Waals surface area contributed by atoms with Crippen LogP contribution in [0.15, 0.2) is 12.5 Å². The van der Waals surface area contributed by atoms with E-state index >= 15 is 0 Å². The molecule has 1 fully saturated rings. The molecule has 0 unspecified atom stereocenters. The molecule has 5 heteroatoms. The molecule has 0 aromatic carbocycles. The van der Waals surface area contributed by atoms with Gasteiger partial charge < -0.3 is 10.4 Å². The van der Waals surface area contributed by atoms with Gasteiger partial charge in [0.15, 0.2) is 11.6 Å². The van der Waals surface area contributed by atoms with Crippen molar-refractivity contribution in [3.05, 3.63) is 18.3 Å². The molecule has 4 nitrogen and oxygen atoms in total. The van der Waals surface area contributed by atoms with Gasteiger partial charge in [0.2, 0.25) is 0 Å². The number of aliphatic hydroxyl groups is 1. The van der Waals surface area contributed by atoms with Crippen LogP contribution in [0.2, 0.25) is 0 Å². The fourth-order valence-electron chi connectivity index (χ4n) is 1.52. The van der Waals surface area contributed by atoms with Crippen molar-refractivity contribution in [1.82, 2.24) is 9.97 Å². The van der Waals surface area contributed by atoms with E-state index in [1.54, 1.807) is 6.92 Å². The summed E-state index contributed by atoms with van der Waals surface area (Å²) in [5.41, 5.74) is -0.753. The lowest BCUT2D eigenvalue weighted by Gasteiger charge is -2.43. The van der Waals surface area contributed by atoms with Crippen LogP contribution in [-0.4, -0.2) is 26.7 Å². The van der Waals surface area contributed by atoms with Crippen molar-refractivity contribution in [2.24, 2.45) is 0 Å². The van der Waals surface area contributed by atoms with E-state index in [2.05, 4.69) is 15.3 Å². The van der Waals surface area contributed by atoms with Crippen LogP contribution in [0.1, 0.15) is 19.8 Å². The molecule has 0 bridgehead atoms. The van der Waals surface area contributed by atoms with Crippen LogP contribution >= 0.6 is 0 Å². The third kappa shape index (κ3) is 1.55. The topological polar surface area (TPSA) is 58.0 Å². The molecular formula is C9H12FN3O. The lowest BCUT2D eigenvalue weighted by atomic mass is 9.76. The van der Waals surface area contributed by atoms with Crippen LogP contribution in [0.5, 0.6) is 0 Å². The van der Waals surface area contributed by atoms with Crippen LogP contribution in [0.25, 0.3) is 0 Å². The molecule has 14 heavy (non-hydrogen) atoms. The Morgan fingerprint density at radius 3 is 3.00 bits per heavy atom. The smallest absolute Gasteiger partial charge is 0.183 e. The Labute approximate surface area is 81.2 Å². The highest BCUT2D eigenvalue weighted by molar-refractivity contribution is 5.37. The van der Waals surface area contributed by atoms with Crippen LogP contribution in [-0.2, 0) is 0 Å². The average Bonchev–Trinajstić information content (AvgIpc) is 2.15. The number of nitrogens with one attached hydrogen (secondary N) is 1. The molecule has 0 amide bonds. The summed E-state index contributed by atoms with van der Waals surface area (Å²) in [5.74, 6) is -0.333. The molecule has 0 aliphatic heterocycles. The van der Waals surface area contributed by atoms with Crippen LogP contribution < -0.4 is 5.32 Å². The molecule has 1 aliphatic carbocycles. The van der Waals surface area contributed by atoms with Gasteiger partial charge in [-0.05, 0) is 19.8 Å². The lowest BCUT2D eigenvalue weighted by Crippen LogP contribution is -2.53. The van der Waals surface area contributed by atoms with E-state index in [-0.39, 0.29) is 11.9 Å². The lowest BCUT2D eigenvalue weighted by molar-refractivity contribution is -0.0288. The Morgan fingerprint density at radius 1 is 1.71 bits per heavy atom. The highest BCUT2D eigenvalue weighted by Crippen LogP contribution is 2.33. The van der Waals surface area contributed by atoms with Crippen molar-refractivity contribution in [2.45, 2.75) is 31.4 Å². The summed E-state index contributed by atoms with van der Waals surface area (Å²) in [6.45, 7) is 1.73. The van der Waals surface area contributed by atoms with E-state index in [0.717, 1.165) is 19.0 Å². The first-order chi connectivity index (χ1) is 6.59. The largest absolute Gasteiger partial charge is 0.388 e. The fourth-order valence-corrected chi connectivity index (χ4v) is 1.52. The zero-order valence-electron chi connectivity index (χ0n) is 7.87. The summed E-state index contributed by atoms with van der Waals surface area (Å²) in [4.78, 5) is 7.30. The Hall–Kier alpha value is -1.23. The van der Waals surface area contributed by atoms with E-state index in [4.69, 9.17) is 0 Å². The Kier molecular flexibility index (Phi) is 2.11. The van der Waals surface area contributed by atoms with E-state index in [0.29, 0.717) is 0 Å². The standard InChI is InChI=1S/C9H12FN3O/c1-9(14)3-2-7(9)13-8-6(10)4-11-5-12-8/h4-5,7,14H,2-3H2,1H3,(H,11,12,13)/t7-,9-/m1/s1. The highest BCUT2D eigenvalue weighted by Gasteiger charge is 2.41. The normalized spacial score (nSPS) is 30.9. The first kappa shape index (κ1) is 9.33. The van der Waals surface area contributed by atoms with Gasteiger partial charge in [0.05, 0.1) is 17.8 Å². The molecule has 1 saturated carbocycles. The average molecular weight is 197 g/mol. The van der Waals surface area contributed by atoms with Crippen LogP contribution in [0, 0.1) is 5.82 Å². The number of anilines is 1. The van der Waals surface area contributed by atoms with Gasteiger partial charge in [-0.1, -0.05) is 0 Å². The van der Waals surface area contributed by atoms with Gasteiger partial charge in [-0.3, -0.25) is 0 Å². The second-order valence-corrected chi connectivity index (χ2v) is 3.81. The number of aromatic nitrogens is 2. The van der Waals surface area contributed by atoms with Gasteiger partial charge in [0, 0.05) is 0 Å². The fraction of sp³-hybridized carbons (Fsp3) is 0.556. The second kappa shape index (κ2) is 3.16. The monoisotopic (exact) mass is 197 g/mol. The summed E-state index contributed by atoms with van der Waals surface area (Å²) >= 11 is 0. The molecule has 76 valence electrons. The van der Waals surface area contributed by atoms with Crippen molar-refractivity contribution >= 4 is 5.82 Å². The summed E-state index contributed by atoms with van der Waals surface area (Å²) < 4.78 is 13.1. The van der Waals surface area contributed by atoms with Gasteiger partial charge in [0.25, 0.3) is 0 Å². The van der Waals surface area contributed by atoms with Gasteiger partial charge in [-0.15, -0.1) is 0 Å². The van der Waals surface area contributed by atoms with Gasteiger partial charge in [0.1, 0.15) is 6.33 Å². The van der Waals surface area contributed by atoms with Gasteiger partial charge >= 0.3 is 0 Å². The van der Waals surface area contributed by atoms with Gasteiger partial charge in [-0.2, -0.15) is 0 Å². The molecule has 1 aromatic rings. The summed E-state index contributed by atoms with van der Waals surface area (Å²) in [6.07, 6.45) is 3.94. The molecule has 2 atom stereocenters. The molecule has 0 spiro atoms. The van der Waals surface area contributed by atoms with Crippen molar-refractivity contribution < 1.29 is 9.50 Å². The quantitative estimate of drug-likeness (QED) is 0.740. The number of nitrogens with zero attached hydrogens (tertiary/aromatic N) is 2. The molecule has 0 saturated heterocycles. The van der Waals surface area contributed by atoms with Crippen molar-refractivity contribution in [1.29, 1.82) is 0 Å². The molecular weight excluding hydrogens is 185 g/mol. The molecule has 2 N–H and O–H groups in total. The Morgan fingerprint density at radius 2 is 2.50 bits per heavy atom. The number of hydrogen-bond acceptors (Lipinski definition) is 4. The maximum atomic E-state index is 13.1. The predicted molar refractivity (Wildman–Crippen MR) is 49.3 cm³/mol. The zero-order chi connectivity index (χ0) is 10.2. The van der Waals surface area contributed by atoms with Crippen LogP contribution in [0.4, 0.5) is 10.2 Å². The molecule has 2 rings (SSSR count). The molecule has 0 radical (unpaired) electrons. The second-order valence-electron chi connectivity index (χ2n) is 3.81. The Bertz CT molecular complexity index is 343. The highest BCUT2D eigenvalue weighted by atomic mass is 19.1. The SMILES string of the molecule is C[C@@]1(O)CC[C@H]1Nc1ncncc1F. The molecule has 1 aromatic heterocycles. The number of hydrogen-bond donors (Lipinski definition) is 2. The maximum Gasteiger partial charge on any atom is 0.183 e. The van der Waals surface area contributed by atoms with Gasteiger partial charge in [-0.25, -0.2) is 14.4 Å². The van der Waals surface area contributed by atoms with Crippen molar-refractivity contribution in [3.63, 3.8) is 0 Å². The van der Waals surface area contributed by atoms with E-state index < -0.39 is 11.4 Å². The summed E-state index contributed by atoms with van der Waals surface area (Å²) in [5, 5.41) is 12.6. The summed E-state index contributed by atoms with van der Waals surface area (Å²) in [7, 11) is 0. The first-order valence-corrected chi connectivity index (χ1v) is 4.54.